The Morgan fingerprint density at radius 3 is 2.81 bits per heavy atom. The number of oxazole rings is 1. The van der Waals surface area contributed by atoms with E-state index in [1.807, 2.05) is 49.4 Å². The predicted molar refractivity (Wildman–Crippen MR) is 101 cm³/mol. The van der Waals surface area contributed by atoms with Gasteiger partial charge in [-0.3, -0.25) is 4.79 Å². The molecule has 1 N–H and O–H groups in total. The lowest BCUT2D eigenvalue weighted by Gasteiger charge is -2.07. The number of nitrogens with one attached hydrogen (secondary N) is 1. The highest BCUT2D eigenvalue weighted by atomic mass is 16.3. The molecule has 5 nitrogen and oxygen atoms in total. The fraction of sp³-hybridized carbons (Fsp3) is 0.0476. The average molecular weight is 344 g/mol. The molecule has 1 amide bonds. The molecule has 128 valence electrons. The number of carbonyl (C=O) groups is 1. The van der Waals surface area contributed by atoms with Crippen molar-refractivity contribution in [2.75, 3.05) is 5.32 Å². The summed E-state index contributed by atoms with van der Waals surface area (Å²) in [6.07, 6.45) is 4.62. The number of nitrogens with zero attached hydrogens (tertiary/aromatic N) is 1. The number of anilines is 1. The lowest BCUT2D eigenvalue weighted by molar-refractivity contribution is -0.111. The number of para-hydroxylation sites is 2. The Bertz CT molecular complexity index is 1060. The normalized spacial score (nSPS) is 11.3. The van der Waals surface area contributed by atoms with Crippen molar-refractivity contribution < 1.29 is 13.6 Å². The van der Waals surface area contributed by atoms with Gasteiger partial charge in [0.1, 0.15) is 11.3 Å². The van der Waals surface area contributed by atoms with E-state index in [1.165, 1.54) is 6.08 Å². The van der Waals surface area contributed by atoms with Crippen molar-refractivity contribution in [2.24, 2.45) is 0 Å². The number of aryl methyl sites for hydroxylation is 1. The molecule has 0 saturated carbocycles. The van der Waals surface area contributed by atoms with Crippen LogP contribution >= 0.6 is 0 Å². The van der Waals surface area contributed by atoms with Crippen molar-refractivity contribution in [1.82, 2.24) is 4.98 Å². The SMILES string of the molecule is Cc1ccc(-c2nc3ccccc3o2)cc1NC(=O)/C=C/c1ccco1. The molecule has 0 spiro atoms. The Morgan fingerprint density at radius 2 is 2.00 bits per heavy atom. The maximum atomic E-state index is 12.2. The summed E-state index contributed by atoms with van der Waals surface area (Å²) in [5.41, 5.74) is 3.99. The van der Waals surface area contributed by atoms with Gasteiger partial charge in [-0.2, -0.15) is 0 Å². The van der Waals surface area contributed by atoms with E-state index in [-0.39, 0.29) is 5.91 Å². The summed E-state index contributed by atoms with van der Waals surface area (Å²) in [6, 6.07) is 16.9. The average Bonchev–Trinajstić information content (AvgIpc) is 3.31. The maximum absolute atomic E-state index is 12.2. The van der Waals surface area contributed by atoms with Gasteiger partial charge in [0.15, 0.2) is 5.58 Å². The molecule has 2 heterocycles. The lowest BCUT2D eigenvalue weighted by Crippen LogP contribution is -2.09. The van der Waals surface area contributed by atoms with E-state index >= 15 is 0 Å². The van der Waals surface area contributed by atoms with Gasteiger partial charge >= 0.3 is 0 Å². The smallest absolute Gasteiger partial charge is 0.248 e. The van der Waals surface area contributed by atoms with E-state index < -0.39 is 0 Å². The number of aromatic nitrogens is 1. The summed E-state index contributed by atoms with van der Waals surface area (Å²) in [6.45, 7) is 1.93. The van der Waals surface area contributed by atoms with Crippen molar-refractivity contribution in [3.05, 3.63) is 78.3 Å². The van der Waals surface area contributed by atoms with Gasteiger partial charge in [0.25, 0.3) is 0 Å². The van der Waals surface area contributed by atoms with E-state index in [1.54, 1.807) is 24.5 Å². The van der Waals surface area contributed by atoms with Crippen molar-refractivity contribution in [3.8, 4) is 11.5 Å². The van der Waals surface area contributed by atoms with Crippen LogP contribution in [-0.2, 0) is 4.79 Å². The van der Waals surface area contributed by atoms with Crippen LogP contribution in [0.2, 0.25) is 0 Å². The molecule has 0 radical (unpaired) electrons. The molecular weight excluding hydrogens is 328 g/mol. The number of carbonyl (C=O) groups excluding carboxylic acids is 1. The number of furan rings is 1. The van der Waals surface area contributed by atoms with E-state index in [0.717, 1.165) is 22.2 Å². The predicted octanol–water partition coefficient (Wildman–Crippen LogP) is 5.05. The van der Waals surface area contributed by atoms with Gasteiger partial charge in [0.05, 0.1) is 6.26 Å². The molecule has 2 aromatic carbocycles. The van der Waals surface area contributed by atoms with Crippen LogP contribution in [0.4, 0.5) is 5.69 Å². The van der Waals surface area contributed by atoms with Gasteiger partial charge < -0.3 is 14.2 Å². The minimum Gasteiger partial charge on any atom is -0.465 e. The molecule has 2 aromatic heterocycles. The fourth-order valence-electron chi connectivity index (χ4n) is 2.60. The first-order chi connectivity index (χ1) is 12.7. The fourth-order valence-corrected chi connectivity index (χ4v) is 2.60. The second-order valence-corrected chi connectivity index (χ2v) is 5.85. The largest absolute Gasteiger partial charge is 0.465 e. The molecule has 0 aliphatic rings. The van der Waals surface area contributed by atoms with Crippen molar-refractivity contribution in [2.45, 2.75) is 6.92 Å². The molecule has 0 aliphatic heterocycles. The van der Waals surface area contributed by atoms with E-state index in [0.29, 0.717) is 17.3 Å². The monoisotopic (exact) mass is 344 g/mol. The molecule has 4 rings (SSSR count). The Hall–Kier alpha value is -3.60. The summed E-state index contributed by atoms with van der Waals surface area (Å²) >= 11 is 0. The summed E-state index contributed by atoms with van der Waals surface area (Å²) in [4.78, 5) is 16.7. The minimum absolute atomic E-state index is 0.237. The topological polar surface area (TPSA) is 68.3 Å². The Morgan fingerprint density at radius 1 is 1.12 bits per heavy atom. The quantitative estimate of drug-likeness (QED) is 0.526. The van der Waals surface area contributed by atoms with Gasteiger partial charge in [-0.1, -0.05) is 18.2 Å². The van der Waals surface area contributed by atoms with Crippen molar-refractivity contribution >= 4 is 28.8 Å². The molecule has 26 heavy (non-hydrogen) atoms. The molecule has 0 atom stereocenters. The van der Waals surface area contributed by atoms with Crippen LogP contribution in [0.1, 0.15) is 11.3 Å². The van der Waals surface area contributed by atoms with Gasteiger partial charge in [-0.15, -0.1) is 0 Å². The zero-order chi connectivity index (χ0) is 17.9. The zero-order valence-corrected chi connectivity index (χ0v) is 14.1. The van der Waals surface area contributed by atoms with E-state index in [4.69, 9.17) is 8.83 Å². The number of rotatable bonds is 4. The van der Waals surface area contributed by atoms with Crippen LogP contribution in [-0.4, -0.2) is 10.9 Å². The van der Waals surface area contributed by atoms with Crippen LogP contribution in [0.25, 0.3) is 28.6 Å². The first-order valence-corrected chi connectivity index (χ1v) is 8.18. The second-order valence-electron chi connectivity index (χ2n) is 5.85. The summed E-state index contributed by atoms with van der Waals surface area (Å²) < 4.78 is 11.0. The zero-order valence-electron chi connectivity index (χ0n) is 14.1. The van der Waals surface area contributed by atoms with E-state index in [2.05, 4.69) is 10.3 Å². The molecule has 0 unspecified atom stereocenters. The molecule has 0 fully saturated rings. The second kappa shape index (κ2) is 6.72. The highest BCUT2D eigenvalue weighted by Gasteiger charge is 2.10. The Kier molecular flexibility index (Phi) is 4.11. The van der Waals surface area contributed by atoms with E-state index in [9.17, 15) is 4.79 Å². The highest BCUT2D eigenvalue weighted by Crippen LogP contribution is 2.27. The molecule has 4 aromatic rings. The molecule has 0 bridgehead atoms. The van der Waals surface area contributed by atoms with Gasteiger partial charge in [0.2, 0.25) is 11.8 Å². The molecule has 0 saturated heterocycles. The number of hydrogen-bond donors (Lipinski definition) is 1. The lowest BCUT2D eigenvalue weighted by atomic mass is 10.1. The van der Waals surface area contributed by atoms with Crippen molar-refractivity contribution in [1.29, 1.82) is 0 Å². The van der Waals surface area contributed by atoms with Gasteiger partial charge in [0, 0.05) is 17.3 Å². The Balaban J connectivity index is 1.58. The first kappa shape index (κ1) is 15.9. The number of hydrogen-bond acceptors (Lipinski definition) is 4. The molecule has 0 aliphatic carbocycles. The third kappa shape index (κ3) is 3.28. The Labute approximate surface area is 150 Å². The third-order valence-corrected chi connectivity index (χ3v) is 3.98. The summed E-state index contributed by atoms with van der Waals surface area (Å²) in [5, 5.41) is 2.88. The van der Waals surface area contributed by atoms with Crippen LogP contribution in [0.3, 0.4) is 0 Å². The maximum Gasteiger partial charge on any atom is 0.248 e. The molecular formula is C21H16N2O3. The van der Waals surface area contributed by atoms with Gasteiger partial charge in [-0.05, 0) is 55.0 Å². The van der Waals surface area contributed by atoms with Crippen LogP contribution in [0, 0.1) is 6.92 Å². The first-order valence-electron chi connectivity index (χ1n) is 8.18. The molecule has 5 heteroatoms. The number of benzene rings is 2. The highest BCUT2D eigenvalue weighted by molar-refractivity contribution is 6.02. The van der Waals surface area contributed by atoms with Crippen LogP contribution < -0.4 is 5.32 Å². The minimum atomic E-state index is -0.237. The summed E-state index contributed by atoms with van der Waals surface area (Å²) in [5.74, 6) is 0.907. The summed E-state index contributed by atoms with van der Waals surface area (Å²) in [7, 11) is 0. The standard InChI is InChI=1S/C21H16N2O3/c1-14-8-9-15(21-23-17-6-2-3-7-19(17)26-21)13-18(14)22-20(24)11-10-16-5-4-12-25-16/h2-13H,1H3,(H,22,24)/b11-10+. The van der Waals surface area contributed by atoms with Crippen LogP contribution in [0.15, 0.2) is 75.8 Å². The third-order valence-electron chi connectivity index (χ3n) is 3.98. The van der Waals surface area contributed by atoms with Crippen molar-refractivity contribution in [3.63, 3.8) is 0 Å². The van der Waals surface area contributed by atoms with Crippen LogP contribution in [0.5, 0.6) is 0 Å². The number of amides is 1. The number of fused-ring (bicyclic) bond motifs is 1. The van der Waals surface area contributed by atoms with Gasteiger partial charge in [-0.25, -0.2) is 4.98 Å².